The molecule has 0 saturated heterocycles. The molecule has 0 aliphatic carbocycles. The molecule has 1 aromatic heterocycles. The van der Waals surface area contributed by atoms with Crippen molar-refractivity contribution in [2.75, 3.05) is 0 Å². The third-order valence-corrected chi connectivity index (χ3v) is 4.25. The molecule has 1 unspecified atom stereocenters. The van der Waals surface area contributed by atoms with Gasteiger partial charge in [-0.2, -0.15) is 0 Å². The number of nitrogens with two attached hydrogens (primary N) is 1. The Morgan fingerprint density at radius 1 is 1.16 bits per heavy atom. The van der Waals surface area contributed by atoms with Crippen LogP contribution in [0.15, 0.2) is 61.2 Å². The van der Waals surface area contributed by atoms with Gasteiger partial charge in [-0.25, -0.2) is 9.59 Å². The normalized spacial score (nSPS) is 11.4. The lowest BCUT2D eigenvalue weighted by atomic mass is 9.98. The molecule has 2 aromatic rings. The summed E-state index contributed by atoms with van der Waals surface area (Å²) in [6.07, 6.45) is 3.74. The number of hydrogen-bond donors (Lipinski definition) is 3. The second kappa shape index (κ2) is 10.5. The highest BCUT2D eigenvalue weighted by Gasteiger charge is 2.12. The van der Waals surface area contributed by atoms with Gasteiger partial charge < -0.3 is 15.9 Å². The Balaban J connectivity index is 0.000000333. The summed E-state index contributed by atoms with van der Waals surface area (Å²) in [6.45, 7) is 3.73. The molecule has 1 heterocycles. The van der Waals surface area contributed by atoms with Gasteiger partial charge in [0.25, 0.3) is 0 Å². The number of carboxylic acid groups (broad SMARTS) is 2. The van der Waals surface area contributed by atoms with Crippen molar-refractivity contribution in [3.63, 3.8) is 0 Å². The molecule has 25 heavy (non-hydrogen) atoms. The highest BCUT2D eigenvalue weighted by Crippen LogP contribution is 2.35. The molecule has 132 valence electrons. The van der Waals surface area contributed by atoms with Gasteiger partial charge in [-0.1, -0.05) is 41.9 Å². The van der Waals surface area contributed by atoms with Crippen molar-refractivity contribution in [1.82, 2.24) is 0 Å². The van der Waals surface area contributed by atoms with Gasteiger partial charge in [0, 0.05) is 23.1 Å². The molecule has 2 rings (SSSR count). The Morgan fingerprint density at radius 3 is 2.24 bits per heavy atom. The quantitative estimate of drug-likeness (QED) is 0.511. The van der Waals surface area contributed by atoms with Gasteiger partial charge in [0.05, 0.1) is 4.34 Å². The van der Waals surface area contributed by atoms with E-state index in [1.54, 1.807) is 11.3 Å². The van der Waals surface area contributed by atoms with E-state index in [0.29, 0.717) is 12.2 Å². The first-order valence-corrected chi connectivity index (χ1v) is 8.39. The summed E-state index contributed by atoms with van der Waals surface area (Å²) < 4.78 is 0.798. The van der Waals surface area contributed by atoms with Gasteiger partial charge >= 0.3 is 11.9 Å². The van der Waals surface area contributed by atoms with Crippen LogP contribution in [0.25, 0.3) is 10.4 Å². The Kier molecular flexibility index (Phi) is 8.63. The van der Waals surface area contributed by atoms with Crippen molar-refractivity contribution >= 4 is 34.9 Å². The third kappa shape index (κ3) is 7.34. The van der Waals surface area contributed by atoms with E-state index in [1.165, 1.54) is 5.56 Å². The van der Waals surface area contributed by atoms with Crippen molar-refractivity contribution in [1.29, 1.82) is 0 Å². The number of rotatable bonds is 6. The number of hydrogen-bond acceptors (Lipinski definition) is 4. The number of halogens is 1. The predicted octanol–water partition coefficient (Wildman–Crippen LogP) is 4.36. The maximum Gasteiger partial charge on any atom is 0.328 e. The Bertz CT molecular complexity index is 754. The van der Waals surface area contributed by atoms with E-state index >= 15 is 0 Å². The molecule has 0 amide bonds. The summed E-state index contributed by atoms with van der Waals surface area (Å²) in [4.78, 5) is 20.3. The Morgan fingerprint density at radius 2 is 1.76 bits per heavy atom. The molecule has 4 N–H and O–H groups in total. The molecule has 1 aromatic carbocycles. The van der Waals surface area contributed by atoms with Crippen LogP contribution in [-0.4, -0.2) is 22.2 Å². The van der Waals surface area contributed by atoms with Crippen molar-refractivity contribution in [3.05, 3.63) is 71.1 Å². The third-order valence-electron chi connectivity index (χ3n) is 2.99. The van der Waals surface area contributed by atoms with Crippen LogP contribution >= 0.6 is 22.9 Å². The molecule has 0 fully saturated rings. The van der Waals surface area contributed by atoms with Crippen molar-refractivity contribution in [2.24, 2.45) is 5.73 Å². The fraction of sp³-hybridized carbons (Fsp3) is 0.111. The highest BCUT2D eigenvalue weighted by molar-refractivity contribution is 7.19. The van der Waals surface area contributed by atoms with Gasteiger partial charge in [-0.15, -0.1) is 17.9 Å². The predicted molar refractivity (Wildman–Crippen MR) is 101 cm³/mol. The number of carboxylic acids is 2. The summed E-state index contributed by atoms with van der Waals surface area (Å²) in [5.74, 6) is -2.51. The Hall–Kier alpha value is -2.41. The van der Waals surface area contributed by atoms with Gasteiger partial charge in [-0.05, 0) is 29.7 Å². The van der Waals surface area contributed by atoms with E-state index in [4.69, 9.17) is 27.5 Å². The van der Waals surface area contributed by atoms with Crippen LogP contribution in [0.1, 0.15) is 18.0 Å². The summed E-state index contributed by atoms with van der Waals surface area (Å²) in [5, 5.41) is 15.6. The first-order valence-electron chi connectivity index (χ1n) is 7.20. The fourth-order valence-corrected chi connectivity index (χ4v) is 3.04. The lowest BCUT2D eigenvalue weighted by Gasteiger charge is -2.13. The van der Waals surface area contributed by atoms with E-state index < -0.39 is 11.9 Å². The zero-order valence-electron chi connectivity index (χ0n) is 13.3. The van der Waals surface area contributed by atoms with E-state index in [-0.39, 0.29) is 6.04 Å². The van der Waals surface area contributed by atoms with Gasteiger partial charge in [0.2, 0.25) is 0 Å². The summed E-state index contributed by atoms with van der Waals surface area (Å²) in [5.41, 5.74) is 8.46. The monoisotopic (exact) mass is 379 g/mol. The number of aliphatic carboxylic acids is 2. The molecule has 0 radical (unpaired) electrons. The van der Waals surface area contributed by atoms with Crippen LogP contribution in [0.4, 0.5) is 0 Å². The molecule has 1 atom stereocenters. The molecule has 0 aliphatic rings. The van der Waals surface area contributed by atoms with Gasteiger partial charge in [-0.3, -0.25) is 0 Å². The summed E-state index contributed by atoms with van der Waals surface area (Å²) in [6, 6.07) is 12.1. The van der Waals surface area contributed by atoms with Crippen LogP contribution in [0.3, 0.4) is 0 Å². The van der Waals surface area contributed by atoms with Crippen molar-refractivity contribution in [2.45, 2.75) is 12.5 Å². The Labute approximate surface area is 154 Å². The van der Waals surface area contributed by atoms with E-state index in [0.717, 1.165) is 21.2 Å². The van der Waals surface area contributed by atoms with Crippen LogP contribution in [-0.2, 0) is 9.59 Å². The zero-order valence-corrected chi connectivity index (χ0v) is 14.8. The topological polar surface area (TPSA) is 101 Å². The van der Waals surface area contributed by atoms with Crippen molar-refractivity contribution in [3.8, 4) is 10.4 Å². The van der Waals surface area contributed by atoms with Crippen LogP contribution in [0.5, 0.6) is 0 Å². The lowest BCUT2D eigenvalue weighted by Crippen LogP contribution is -2.10. The van der Waals surface area contributed by atoms with E-state index in [9.17, 15) is 9.59 Å². The summed E-state index contributed by atoms with van der Waals surface area (Å²) >= 11 is 7.55. The minimum absolute atomic E-state index is 0.00965. The fourth-order valence-electron chi connectivity index (χ4n) is 1.95. The lowest BCUT2D eigenvalue weighted by molar-refractivity contribution is -0.134. The first kappa shape index (κ1) is 20.6. The molecule has 5 nitrogen and oxygen atoms in total. The maximum atomic E-state index is 9.55. The molecule has 0 saturated carbocycles. The van der Waals surface area contributed by atoms with Crippen LogP contribution in [0, 0.1) is 0 Å². The SMILES string of the molecule is C=CCC(N)c1ccccc1-c1ccc(Cl)s1.O=C(O)/C=C/C(=O)O. The smallest absolute Gasteiger partial charge is 0.328 e. The average molecular weight is 380 g/mol. The molecule has 0 spiro atoms. The van der Waals surface area contributed by atoms with E-state index in [2.05, 4.69) is 18.7 Å². The van der Waals surface area contributed by atoms with Gasteiger partial charge in [0.15, 0.2) is 0 Å². The van der Waals surface area contributed by atoms with Crippen LogP contribution < -0.4 is 5.73 Å². The average Bonchev–Trinajstić information content (AvgIpc) is 3.00. The van der Waals surface area contributed by atoms with Gasteiger partial charge in [0.1, 0.15) is 0 Å². The molecular formula is C18H18ClNO4S. The number of carbonyl (C=O) groups is 2. The first-order chi connectivity index (χ1) is 11.8. The second-order valence-corrected chi connectivity index (χ2v) is 6.55. The molecule has 7 heteroatoms. The summed E-state index contributed by atoms with van der Waals surface area (Å²) in [7, 11) is 0. The minimum atomic E-state index is -1.26. The van der Waals surface area contributed by atoms with Crippen LogP contribution in [0.2, 0.25) is 4.34 Å². The highest BCUT2D eigenvalue weighted by atomic mass is 35.5. The molecular weight excluding hydrogens is 362 g/mol. The standard InChI is InChI=1S/C14H14ClNS.C4H4O4/c1-2-5-12(16)10-6-3-4-7-11(10)13-8-9-14(15)17-13;5-3(6)1-2-4(7)8/h2-4,6-9,12H,1,5,16H2;1-2H,(H,5,6)(H,7,8)/b;2-1+. The van der Waals surface area contributed by atoms with E-state index in [1.807, 2.05) is 30.3 Å². The second-order valence-electron chi connectivity index (χ2n) is 4.83. The largest absolute Gasteiger partial charge is 0.478 e. The molecule has 0 aliphatic heterocycles. The minimum Gasteiger partial charge on any atom is -0.478 e. The molecule has 0 bridgehead atoms. The number of benzene rings is 1. The number of thiophene rings is 1. The van der Waals surface area contributed by atoms with Crippen molar-refractivity contribution < 1.29 is 19.8 Å². The zero-order chi connectivity index (χ0) is 18.8. The maximum absolute atomic E-state index is 9.55.